The molecule has 0 nitrogen and oxygen atoms in total. The minimum Gasteiger partial charge on any atom is -0.0683 e. The summed E-state index contributed by atoms with van der Waals surface area (Å²) in [7, 11) is 0. The number of hydrogen-bond acceptors (Lipinski definition) is 0. The molecule has 0 aromatic heterocycles. The Balaban J connectivity index is -0.0000000334. The summed E-state index contributed by atoms with van der Waals surface area (Å²) in [5.74, 6) is 0. The molecular formula is C21H54. The second-order valence-electron chi connectivity index (χ2n) is 3.83. The van der Waals surface area contributed by atoms with Gasteiger partial charge in [-0.05, 0) is 0 Å². The van der Waals surface area contributed by atoms with Gasteiger partial charge in [0.1, 0.15) is 0 Å². The molecule has 0 N–H and O–H groups in total. The molecule has 0 saturated heterocycles. The maximum Gasteiger partial charge on any atom is -0.0533 e. The van der Waals surface area contributed by atoms with Crippen molar-refractivity contribution in [2.75, 3.05) is 0 Å². The molecule has 0 amide bonds. The first-order chi connectivity index (χ1) is 10.3. The molecule has 1 rings (SSSR count). The Bertz CT molecular complexity index is 45.1. The van der Waals surface area contributed by atoms with Crippen LogP contribution in [0.2, 0.25) is 0 Å². The Hall–Kier alpha value is 0. The molecule has 1 aliphatic rings. The Morgan fingerprint density at radius 2 is 0.571 bits per heavy atom. The van der Waals surface area contributed by atoms with E-state index in [2.05, 4.69) is 27.7 Å². The Morgan fingerprint density at radius 1 is 0.429 bits per heavy atom. The predicted octanol–water partition coefficient (Wildman–Crippen LogP) is 9.67. The zero-order valence-electron chi connectivity index (χ0n) is 18.4. The highest BCUT2D eigenvalue weighted by Crippen LogP contribution is 2.15. The summed E-state index contributed by atoms with van der Waals surface area (Å²) in [6.07, 6.45) is 12.8. The first-order valence-corrected chi connectivity index (χ1v) is 10.3. The van der Waals surface area contributed by atoms with E-state index in [1.807, 2.05) is 55.4 Å². The Morgan fingerprint density at radius 3 is 0.619 bits per heavy atom. The third kappa shape index (κ3) is 132. The standard InChI is InChI=1S/C6H14.C4H8.C3H8.4C2H6/c1-3-5-6-4-2;1-2-4-3-1;1-3-2;4*1-2/h3-6H2,1-2H3;1-4H2;3H2,1-2H3;4*1-2H3. The summed E-state index contributed by atoms with van der Waals surface area (Å²) in [6.45, 7) is 24.7. The van der Waals surface area contributed by atoms with Crippen molar-refractivity contribution in [3.63, 3.8) is 0 Å². The van der Waals surface area contributed by atoms with Crippen LogP contribution >= 0.6 is 0 Å². The van der Waals surface area contributed by atoms with E-state index in [9.17, 15) is 0 Å². The Labute approximate surface area is 141 Å². The van der Waals surface area contributed by atoms with Crippen LogP contribution in [0.25, 0.3) is 0 Å². The second-order valence-corrected chi connectivity index (χ2v) is 3.83. The zero-order valence-corrected chi connectivity index (χ0v) is 18.4. The van der Waals surface area contributed by atoms with Crippen LogP contribution in [-0.4, -0.2) is 0 Å². The molecule has 0 heterocycles. The summed E-state index contributed by atoms with van der Waals surface area (Å²) < 4.78 is 0. The maximum absolute atomic E-state index is 2.23. The lowest BCUT2D eigenvalue weighted by molar-refractivity contribution is 0.504. The highest BCUT2D eigenvalue weighted by Gasteiger charge is 1.95. The van der Waals surface area contributed by atoms with Gasteiger partial charge in [0.2, 0.25) is 0 Å². The van der Waals surface area contributed by atoms with Gasteiger partial charge < -0.3 is 0 Å². The SMILES string of the molecule is C1CCC1.CC.CC.CC.CC.CCC.CCCCCC. The third-order valence-corrected chi connectivity index (χ3v) is 1.96. The number of hydrogen-bond donors (Lipinski definition) is 0. The van der Waals surface area contributed by atoms with Gasteiger partial charge in [0.05, 0.1) is 0 Å². The molecule has 1 saturated carbocycles. The van der Waals surface area contributed by atoms with Crippen LogP contribution in [0.4, 0.5) is 0 Å². The summed E-state index contributed by atoms with van der Waals surface area (Å²) in [5, 5.41) is 0. The minimum atomic E-state index is 1.25. The lowest BCUT2D eigenvalue weighted by atomic mass is 10.0. The average molecular weight is 307 g/mol. The monoisotopic (exact) mass is 306 g/mol. The number of unbranched alkanes of at least 4 members (excludes halogenated alkanes) is 3. The molecule has 0 unspecified atom stereocenters. The summed E-state index contributed by atoms with van der Waals surface area (Å²) in [6, 6.07) is 0. The van der Waals surface area contributed by atoms with Gasteiger partial charge in [-0.15, -0.1) is 0 Å². The predicted molar refractivity (Wildman–Crippen MR) is 110 cm³/mol. The van der Waals surface area contributed by atoms with Crippen molar-refractivity contribution in [1.29, 1.82) is 0 Å². The third-order valence-electron chi connectivity index (χ3n) is 1.96. The van der Waals surface area contributed by atoms with Gasteiger partial charge in [-0.2, -0.15) is 0 Å². The van der Waals surface area contributed by atoms with Crippen molar-refractivity contribution in [1.82, 2.24) is 0 Å². The molecule has 0 radical (unpaired) electrons. The highest BCUT2D eigenvalue weighted by atomic mass is 14.0. The van der Waals surface area contributed by atoms with E-state index in [4.69, 9.17) is 0 Å². The van der Waals surface area contributed by atoms with Gasteiger partial charge in [0.25, 0.3) is 0 Å². The zero-order chi connectivity index (χ0) is 18.4. The van der Waals surface area contributed by atoms with Crippen molar-refractivity contribution < 1.29 is 0 Å². The van der Waals surface area contributed by atoms with Gasteiger partial charge in [-0.3, -0.25) is 0 Å². The average Bonchev–Trinajstić information content (AvgIpc) is 2.52. The van der Waals surface area contributed by atoms with Crippen LogP contribution in [-0.2, 0) is 0 Å². The quantitative estimate of drug-likeness (QED) is 0.455. The van der Waals surface area contributed by atoms with Crippen LogP contribution < -0.4 is 0 Å². The van der Waals surface area contributed by atoms with Gasteiger partial charge >= 0.3 is 0 Å². The van der Waals surface area contributed by atoms with Gasteiger partial charge in [0.15, 0.2) is 0 Å². The normalized spacial score (nSPS) is 9.14. The molecule has 0 aromatic rings. The van der Waals surface area contributed by atoms with E-state index in [1.54, 1.807) is 0 Å². The molecule has 0 atom stereocenters. The molecule has 1 fully saturated rings. The van der Waals surface area contributed by atoms with Gasteiger partial charge in [-0.1, -0.05) is 141 Å². The smallest absolute Gasteiger partial charge is 0.0533 e. The van der Waals surface area contributed by atoms with Crippen LogP contribution in [0.15, 0.2) is 0 Å². The Kier molecular flexibility index (Phi) is 158. The fourth-order valence-corrected chi connectivity index (χ4v) is 0.750. The van der Waals surface area contributed by atoms with Crippen LogP contribution in [0.1, 0.15) is 141 Å². The first-order valence-electron chi connectivity index (χ1n) is 10.3. The fourth-order valence-electron chi connectivity index (χ4n) is 0.750. The molecule has 0 spiro atoms. The number of rotatable bonds is 3. The minimum absolute atomic E-state index is 1.25. The summed E-state index contributed by atoms with van der Waals surface area (Å²) in [5.41, 5.74) is 0. The topological polar surface area (TPSA) is 0 Å². The van der Waals surface area contributed by atoms with Crippen molar-refractivity contribution in [3.8, 4) is 0 Å². The fraction of sp³-hybridized carbons (Fsp3) is 1.00. The van der Waals surface area contributed by atoms with E-state index in [-0.39, 0.29) is 0 Å². The lowest BCUT2D eigenvalue weighted by Gasteiger charge is -2.05. The molecule has 0 aromatic carbocycles. The van der Waals surface area contributed by atoms with Crippen LogP contribution in [0.3, 0.4) is 0 Å². The summed E-state index contributed by atoms with van der Waals surface area (Å²) in [4.78, 5) is 0. The lowest BCUT2D eigenvalue weighted by Crippen LogP contribution is -1.85. The van der Waals surface area contributed by atoms with E-state index >= 15 is 0 Å². The molecule has 0 heteroatoms. The van der Waals surface area contributed by atoms with E-state index in [0.29, 0.717) is 0 Å². The van der Waals surface area contributed by atoms with Gasteiger partial charge in [0, 0.05) is 0 Å². The van der Waals surface area contributed by atoms with E-state index < -0.39 is 0 Å². The van der Waals surface area contributed by atoms with Crippen LogP contribution in [0, 0.1) is 0 Å². The molecular weight excluding hydrogens is 252 g/mol. The highest BCUT2D eigenvalue weighted by molar-refractivity contribution is 4.50. The molecule has 1 aliphatic carbocycles. The molecule has 0 bridgehead atoms. The molecule has 138 valence electrons. The van der Waals surface area contributed by atoms with Crippen molar-refractivity contribution in [2.45, 2.75) is 141 Å². The summed E-state index contributed by atoms with van der Waals surface area (Å²) >= 11 is 0. The maximum atomic E-state index is 2.23. The van der Waals surface area contributed by atoms with Crippen molar-refractivity contribution in [2.24, 2.45) is 0 Å². The van der Waals surface area contributed by atoms with Crippen molar-refractivity contribution in [3.05, 3.63) is 0 Å². The van der Waals surface area contributed by atoms with E-state index in [1.165, 1.54) is 57.8 Å². The first kappa shape index (κ1) is 37.3. The van der Waals surface area contributed by atoms with Crippen molar-refractivity contribution >= 4 is 0 Å². The molecule has 0 aliphatic heterocycles. The second kappa shape index (κ2) is 89.1. The largest absolute Gasteiger partial charge is 0.0683 e. The van der Waals surface area contributed by atoms with Crippen LogP contribution in [0.5, 0.6) is 0 Å². The van der Waals surface area contributed by atoms with E-state index in [0.717, 1.165) is 0 Å². The molecule has 21 heavy (non-hydrogen) atoms. The van der Waals surface area contributed by atoms with Gasteiger partial charge in [-0.25, -0.2) is 0 Å².